The first-order valence-corrected chi connectivity index (χ1v) is 7.41. The summed E-state index contributed by atoms with van der Waals surface area (Å²) >= 11 is 0. The maximum absolute atomic E-state index is 5.64. The van der Waals surface area contributed by atoms with Crippen LogP contribution in [-0.4, -0.2) is 36.4 Å². The van der Waals surface area contributed by atoms with Crippen LogP contribution in [0.4, 0.5) is 0 Å². The van der Waals surface area contributed by atoms with Crippen LogP contribution in [0.5, 0.6) is 0 Å². The number of ether oxygens (including phenoxy) is 1. The van der Waals surface area contributed by atoms with Crippen LogP contribution < -0.4 is 0 Å². The monoisotopic (exact) mass is 266 g/mol. The maximum Gasteiger partial charge on any atom is 0.150 e. The second kappa shape index (κ2) is 7.06. The molecule has 108 valence electrons. The molecule has 1 unspecified atom stereocenters. The van der Waals surface area contributed by atoms with Gasteiger partial charge in [-0.25, -0.2) is 0 Å². The van der Waals surface area contributed by atoms with E-state index in [0.717, 1.165) is 31.2 Å². The molecule has 0 saturated carbocycles. The number of rotatable bonds is 7. The normalized spacial score (nSPS) is 19.7. The summed E-state index contributed by atoms with van der Waals surface area (Å²) in [7, 11) is 2.13. The highest BCUT2D eigenvalue weighted by molar-refractivity contribution is 5.08. The molecule has 1 saturated heterocycles. The first-order valence-electron chi connectivity index (χ1n) is 7.41. The van der Waals surface area contributed by atoms with Crippen LogP contribution in [0.1, 0.15) is 56.9 Å². The van der Waals surface area contributed by atoms with E-state index in [1.54, 1.807) is 0 Å². The van der Waals surface area contributed by atoms with Gasteiger partial charge in [-0.05, 0) is 45.2 Å². The van der Waals surface area contributed by atoms with Gasteiger partial charge in [0, 0.05) is 12.7 Å². The van der Waals surface area contributed by atoms with Gasteiger partial charge in [0.15, 0.2) is 5.76 Å². The summed E-state index contributed by atoms with van der Waals surface area (Å²) in [5.41, 5.74) is 1.04. The largest absolute Gasteiger partial charge is 0.378 e. The van der Waals surface area contributed by atoms with E-state index in [2.05, 4.69) is 37.0 Å². The summed E-state index contributed by atoms with van der Waals surface area (Å²) in [5, 5.41) is 4.09. The van der Waals surface area contributed by atoms with Gasteiger partial charge in [-0.15, -0.1) is 0 Å². The Bertz CT molecular complexity index is 370. The second-order valence-electron chi connectivity index (χ2n) is 5.89. The van der Waals surface area contributed by atoms with Gasteiger partial charge in [0.05, 0.1) is 18.3 Å². The van der Waals surface area contributed by atoms with Crippen LogP contribution in [-0.2, 0) is 11.3 Å². The van der Waals surface area contributed by atoms with Crippen molar-refractivity contribution in [2.24, 2.45) is 0 Å². The van der Waals surface area contributed by atoms with E-state index in [0.29, 0.717) is 12.0 Å². The Labute approximate surface area is 116 Å². The third-order valence-electron chi connectivity index (χ3n) is 3.68. The summed E-state index contributed by atoms with van der Waals surface area (Å²) in [6.45, 7) is 7.14. The third-order valence-corrected chi connectivity index (χ3v) is 3.68. The second-order valence-corrected chi connectivity index (χ2v) is 5.89. The van der Waals surface area contributed by atoms with Gasteiger partial charge in [-0.1, -0.05) is 19.0 Å². The molecular weight excluding hydrogens is 240 g/mol. The fourth-order valence-corrected chi connectivity index (χ4v) is 2.48. The fourth-order valence-electron chi connectivity index (χ4n) is 2.48. The summed E-state index contributed by atoms with van der Waals surface area (Å²) < 4.78 is 11.0. The average Bonchev–Trinajstić information content (AvgIpc) is 3.00. The Hall–Kier alpha value is -0.870. The zero-order valence-electron chi connectivity index (χ0n) is 12.4. The van der Waals surface area contributed by atoms with Crippen LogP contribution in [0, 0.1) is 0 Å². The Balaban J connectivity index is 1.66. The number of hydrogen-bond donors (Lipinski definition) is 0. The molecule has 1 aliphatic heterocycles. The first-order chi connectivity index (χ1) is 9.15. The predicted octanol–water partition coefficient (Wildman–Crippen LogP) is 3.19. The lowest BCUT2D eigenvalue weighted by molar-refractivity contribution is 0.0992. The lowest BCUT2D eigenvalue weighted by atomic mass is 10.1. The van der Waals surface area contributed by atoms with Gasteiger partial charge in [0.25, 0.3) is 0 Å². The molecule has 0 radical (unpaired) electrons. The molecule has 1 aromatic heterocycles. The summed E-state index contributed by atoms with van der Waals surface area (Å²) in [4.78, 5) is 2.29. The van der Waals surface area contributed by atoms with Crippen molar-refractivity contribution in [1.29, 1.82) is 0 Å². The summed E-state index contributed by atoms with van der Waals surface area (Å²) in [6, 6.07) is 2.07. The molecule has 0 spiro atoms. The lowest BCUT2D eigenvalue weighted by Gasteiger charge is -2.16. The lowest BCUT2D eigenvalue weighted by Crippen LogP contribution is -2.20. The van der Waals surface area contributed by atoms with E-state index >= 15 is 0 Å². The standard InChI is InChI=1S/C15H26N2O2/c1-12(2)15-10-14(19-16-15)11-17(3)8-4-6-13-7-5-9-18-13/h10,12-13H,4-9,11H2,1-3H3. The van der Waals surface area contributed by atoms with Crippen molar-refractivity contribution in [2.75, 3.05) is 20.2 Å². The number of aromatic nitrogens is 1. The van der Waals surface area contributed by atoms with Crippen molar-refractivity contribution in [3.8, 4) is 0 Å². The van der Waals surface area contributed by atoms with Crippen molar-refractivity contribution in [1.82, 2.24) is 10.1 Å². The van der Waals surface area contributed by atoms with Crippen molar-refractivity contribution in [3.63, 3.8) is 0 Å². The number of nitrogens with zero attached hydrogens (tertiary/aromatic N) is 2. The quantitative estimate of drug-likeness (QED) is 0.759. The van der Waals surface area contributed by atoms with E-state index in [9.17, 15) is 0 Å². The molecule has 4 heteroatoms. The van der Waals surface area contributed by atoms with E-state index < -0.39 is 0 Å². The zero-order valence-corrected chi connectivity index (χ0v) is 12.4. The number of hydrogen-bond acceptors (Lipinski definition) is 4. The van der Waals surface area contributed by atoms with Crippen molar-refractivity contribution < 1.29 is 9.26 Å². The van der Waals surface area contributed by atoms with E-state index in [4.69, 9.17) is 9.26 Å². The maximum atomic E-state index is 5.64. The van der Waals surface area contributed by atoms with E-state index in [1.807, 2.05) is 0 Å². The van der Waals surface area contributed by atoms with Crippen LogP contribution >= 0.6 is 0 Å². The molecule has 0 amide bonds. The van der Waals surface area contributed by atoms with Gasteiger partial charge in [0.1, 0.15) is 0 Å². The van der Waals surface area contributed by atoms with Crippen molar-refractivity contribution in [2.45, 2.75) is 58.1 Å². The minimum absolute atomic E-state index is 0.433. The van der Waals surface area contributed by atoms with Crippen molar-refractivity contribution in [3.05, 3.63) is 17.5 Å². The molecule has 1 fully saturated rings. The Morgan fingerprint density at radius 3 is 2.95 bits per heavy atom. The Morgan fingerprint density at radius 2 is 2.32 bits per heavy atom. The fraction of sp³-hybridized carbons (Fsp3) is 0.800. The van der Waals surface area contributed by atoms with Crippen LogP contribution in [0.15, 0.2) is 10.6 Å². The molecular formula is C15H26N2O2. The SMILES string of the molecule is CC(C)c1cc(CN(C)CCCC2CCCO2)on1. The first kappa shape index (κ1) is 14.5. The molecule has 19 heavy (non-hydrogen) atoms. The van der Waals surface area contributed by atoms with Gasteiger partial charge >= 0.3 is 0 Å². The minimum Gasteiger partial charge on any atom is -0.378 e. The third kappa shape index (κ3) is 4.62. The Kier molecular flexibility index (Phi) is 5.40. The van der Waals surface area contributed by atoms with Crippen molar-refractivity contribution >= 4 is 0 Å². The Morgan fingerprint density at radius 1 is 1.47 bits per heavy atom. The molecule has 1 aliphatic rings. The molecule has 0 aliphatic carbocycles. The van der Waals surface area contributed by atoms with Crippen LogP contribution in [0.3, 0.4) is 0 Å². The predicted molar refractivity (Wildman–Crippen MR) is 75.1 cm³/mol. The summed E-state index contributed by atoms with van der Waals surface area (Å²) in [5.74, 6) is 1.39. The highest BCUT2D eigenvalue weighted by atomic mass is 16.5. The van der Waals surface area contributed by atoms with Crippen LogP contribution in [0.2, 0.25) is 0 Å². The topological polar surface area (TPSA) is 38.5 Å². The molecule has 1 aromatic rings. The molecule has 2 heterocycles. The molecule has 1 atom stereocenters. The average molecular weight is 266 g/mol. The smallest absolute Gasteiger partial charge is 0.150 e. The molecule has 4 nitrogen and oxygen atoms in total. The molecule has 2 rings (SSSR count). The highest BCUT2D eigenvalue weighted by Crippen LogP contribution is 2.18. The summed E-state index contributed by atoms with van der Waals surface area (Å²) in [6.07, 6.45) is 5.34. The van der Waals surface area contributed by atoms with Gasteiger partial charge in [-0.3, -0.25) is 4.90 Å². The molecule has 0 N–H and O–H groups in total. The van der Waals surface area contributed by atoms with Crippen LogP contribution in [0.25, 0.3) is 0 Å². The van der Waals surface area contributed by atoms with Gasteiger partial charge < -0.3 is 9.26 Å². The molecule has 0 aromatic carbocycles. The highest BCUT2D eigenvalue weighted by Gasteiger charge is 2.15. The van der Waals surface area contributed by atoms with E-state index in [-0.39, 0.29) is 0 Å². The van der Waals surface area contributed by atoms with Gasteiger partial charge in [0.2, 0.25) is 0 Å². The molecule has 0 bridgehead atoms. The minimum atomic E-state index is 0.433. The van der Waals surface area contributed by atoms with E-state index in [1.165, 1.54) is 25.7 Å². The van der Waals surface area contributed by atoms with Gasteiger partial charge in [-0.2, -0.15) is 0 Å². The zero-order chi connectivity index (χ0) is 13.7.